The van der Waals surface area contributed by atoms with Crippen LogP contribution in [0, 0.1) is 0 Å². The van der Waals surface area contributed by atoms with Crippen molar-refractivity contribution in [2.75, 3.05) is 18.1 Å². The molecule has 1 saturated heterocycles. The first kappa shape index (κ1) is 14.3. The largest absolute Gasteiger partial charge is 0.335 e. The lowest BCUT2D eigenvalue weighted by atomic mass is 10.1. The number of rotatable bonds is 3. The lowest BCUT2D eigenvalue weighted by Gasteiger charge is -2.27. The molecule has 0 radical (unpaired) electrons. The molecule has 0 spiro atoms. The van der Waals surface area contributed by atoms with Gasteiger partial charge in [-0.3, -0.25) is 4.79 Å². The highest BCUT2D eigenvalue weighted by Gasteiger charge is 2.34. The number of benzene rings is 1. The van der Waals surface area contributed by atoms with E-state index in [1.54, 1.807) is 29.2 Å². The summed E-state index contributed by atoms with van der Waals surface area (Å²) in [5.41, 5.74) is 0.499. The molecule has 0 saturated carbocycles. The Balaban J connectivity index is 2.21. The molecule has 1 aromatic rings. The molecule has 0 bridgehead atoms. The summed E-state index contributed by atoms with van der Waals surface area (Å²) >= 11 is 5.88. The molecule has 0 unspecified atom stereocenters. The first-order valence-electron chi connectivity index (χ1n) is 6.20. The number of nitrogens with zero attached hydrogens (tertiary/aromatic N) is 1. The van der Waals surface area contributed by atoms with Crippen LogP contribution in [0.3, 0.4) is 0 Å². The number of halogens is 1. The van der Waals surface area contributed by atoms with Gasteiger partial charge in [0.25, 0.3) is 5.91 Å². The topological polar surface area (TPSA) is 54.5 Å². The Kier molecular flexibility index (Phi) is 4.16. The SMILES string of the molecule is CCN(C(=O)c1cccc(Cl)c1)[C@H]1CCS(=O)(=O)C1. The summed E-state index contributed by atoms with van der Waals surface area (Å²) in [5, 5.41) is 0.501. The predicted molar refractivity (Wildman–Crippen MR) is 75.2 cm³/mol. The fraction of sp³-hybridized carbons (Fsp3) is 0.462. The van der Waals surface area contributed by atoms with Crippen molar-refractivity contribution in [2.45, 2.75) is 19.4 Å². The highest BCUT2D eigenvalue weighted by atomic mass is 35.5. The lowest BCUT2D eigenvalue weighted by Crippen LogP contribution is -2.40. The molecule has 0 aliphatic carbocycles. The van der Waals surface area contributed by atoms with E-state index in [4.69, 9.17) is 11.6 Å². The minimum atomic E-state index is -2.99. The molecule has 1 aliphatic rings. The maximum Gasteiger partial charge on any atom is 0.254 e. The van der Waals surface area contributed by atoms with Gasteiger partial charge in [0.2, 0.25) is 0 Å². The van der Waals surface area contributed by atoms with E-state index in [1.165, 1.54) is 0 Å². The number of sulfone groups is 1. The normalized spacial score (nSPS) is 21.3. The first-order valence-corrected chi connectivity index (χ1v) is 8.40. The summed E-state index contributed by atoms with van der Waals surface area (Å²) in [6, 6.07) is 6.50. The molecule has 1 atom stereocenters. The molecule has 1 aliphatic heterocycles. The van der Waals surface area contributed by atoms with Crippen molar-refractivity contribution in [3.63, 3.8) is 0 Å². The second-order valence-electron chi connectivity index (χ2n) is 4.66. The van der Waals surface area contributed by atoms with Crippen LogP contribution in [0.5, 0.6) is 0 Å². The third-order valence-corrected chi connectivity index (χ3v) is 5.31. The van der Waals surface area contributed by atoms with Gasteiger partial charge in [0.15, 0.2) is 9.84 Å². The van der Waals surface area contributed by atoms with Crippen LogP contribution in [0.25, 0.3) is 0 Å². The smallest absolute Gasteiger partial charge is 0.254 e. The van der Waals surface area contributed by atoms with Crippen molar-refractivity contribution >= 4 is 27.3 Å². The van der Waals surface area contributed by atoms with E-state index in [0.29, 0.717) is 23.6 Å². The molecule has 6 heteroatoms. The molecule has 4 nitrogen and oxygen atoms in total. The van der Waals surface area contributed by atoms with Gasteiger partial charge in [-0.2, -0.15) is 0 Å². The fourth-order valence-corrected chi connectivity index (χ4v) is 4.30. The quantitative estimate of drug-likeness (QED) is 0.858. The summed E-state index contributed by atoms with van der Waals surface area (Å²) in [7, 11) is -2.99. The standard InChI is InChI=1S/C13H16ClNO3S/c1-2-15(12-6-7-19(17,18)9-12)13(16)10-4-3-5-11(14)8-10/h3-5,8,12H,2,6-7,9H2,1H3/t12-/m0/s1. The number of amides is 1. The maximum atomic E-state index is 12.4. The van der Waals surface area contributed by atoms with Gasteiger partial charge < -0.3 is 4.90 Å². The van der Waals surface area contributed by atoms with Crippen LogP contribution in [-0.4, -0.2) is 43.3 Å². The lowest BCUT2D eigenvalue weighted by molar-refractivity contribution is 0.0708. The predicted octanol–water partition coefficient (Wildman–Crippen LogP) is 1.99. The number of hydrogen-bond donors (Lipinski definition) is 0. The molecule has 104 valence electrons. The molecule has 1 aromatic carbocycles. The maximum absolute atomic E-state index is 12.4. The van der Waals surface area contributed by atoms with Crippen LogP contribution in [0.15, 0.2) is 24.3 Å². The van der Waals surface area contributed by atoms with E-state index in [-0.39, 0.29) is 23.5 Å². The van der Waals surface area contributed by atoms with Crippen LogP contribution in [0.1, 0.15) is 23.7 Å². The third kappa shape index (κ3) is 3.28. The zero-order chi connectivity index (χ0) is 14.0. The highest BCUT2D eigenvalue weighted by Crippen LogP contribution is 2.21. The van der Waals surface area contributed by atoms with E-state index in [2.05, 4.69) is 0 Å². The third-order valence-electron chi connectivity index (χ3n) is 3.32. The Morgan fingerprint density at radius 1 is 1.47 bits per heavy atom. The Labute approximate surface area is 118 Å². The molecule has 0 aromatic heterocycles. The number of hydrogen-bond acceptors (Lipinski definition) is 3. The van der Waals surface area contributed by atoms with Crippen LogP contribution < -0.4 is 0 Å². The summed E-state index contributed by atoms with van der Waals surface area (Å²) in [6.45, 7) is 2.35. The number of carbonyl (C=O) groups is 1. The zero-order valence-electron chi connectivity index (χ0n) is 10.7. The second kappa shape index (κ2) is 5.51. The van der Waals surface area contributed by atoms with Crippen molar-refractivity contribution < 1.29 is 13.2 Å². The summed E-state index contributed by atoms with van der Waals surface area (Å²) < 4.78 is 23.0. The van der Waals surface area contributed by atoms with Crippen LogP contribution in [0.2, 0.25) is 5.02 Å². The molecule has 0 N–H and O–H groups in total. The molecule has 2 rings (SSSR count). The molecule has 1 amide bonds. The van der Waals surface area contributed by atoms with Crippen LogP contribution >= 0.6 is 11.6 Å². The molecule has 19 heavy (non-hydrogen) atoms. The van der Waals surface area contributed by atoms with Crippen LogP contribution in [-0.2, 0) is 9.84 Å². The molecule has 1 heterocycles. The van der Waals surface area contributed by atoms with E-state index in [1.807, 2.05) is 6.92 Å². The van der Waals surface area contributed by atoms with Crippen molar-refractivity contribution in [3.8, 4) is 0 Å². The first-order chi connectivity index (χ1) is 8.93. The summed E-state index contributed by atoms with van der Waals surface area (Å²) in [6.07, 6.45) is 0.516. The average molecular weight is 302 g/mol. The van der Waals surface area contributed by atoms with Gasteiger partial charge in [-0.1, -0.05) is 17.7 Å². The number of carbonyl (C=O) groups excluding carboxylic acids is 1. The monoisotopic (exact) mass is 301 g/mol. The summed E-state index contributed by atoms with van der Waals surface area (Å²) in [4.78, 5) is 14.0. The average Bonchev–Trinajstić information content (AvgIpc) is 2.70. The van der Waals surface area contributed by atoms with Crippen molar-refractivity contribution in [3.05, 3.63) is 34.9 Å². The Morgan fingerprint density at radius 2 is 2.21 bits per heavy atom. The zero-order valence-corrected chi connectivity index (χ0v) is 12.2. The second-order valence-corrected chi connectivity index (χ2v) is 7.32. The van der Waals surface area contributed by atoms with E-state index in [9.17, 15) is 13.2 Å². The van der Waals surface area contributed by atoms with E-state index >= 15 is 0 Å². The van der Waals surface area contributed by atoms with Gasteiger partial charge in [-0.15, -0.1) is 0 Å². The Hall–Kier alpha value is -1.07. The van der Waals surface area contributed by atoms with E-state index < -0.39 is 9.84 Å². The molecular formula is C13H16ClNO3S. The minimum Gasteiger partial charge on any atom is -0.335 e. The van der Waals surface area contributed by atoms with Crippen LogP contribution in [0.4, 0.5) is 0 Å². The molecule has 1 fully saturated rings. The van der Waals surface area contributed by atoms with Crippen molar-refractivity contribution in [2.24, 2.45) is 0 Å². The van der Waals surface area contributed by atoms with E-state index in [0.717, 1.165) is 0 Å². The van der Waals surface area contributed by atoms with Gasteiger partial charge in [0.05, 0.1) is 11.5 Å². The van der Waals surface area contributed by atoms with Gasteiger partial charge in [-0.25, -0.2) is 8.42 Å². The fourth-order valence-electron chi connectivity index (χ4n) is 2.38. The van der Waals surface area contributed by atoms with Gasteiger partial charge in [0.1, 0.15) is 0 Å². The molecular weight excluding hydrogens is 286 g/mol. The Bertz CT molecular complexity index is 585. The highest BCUT2D eigenvalue weighted by molar-refractivity contribution is 7.91. The van der Waals surface area contributed by atoms with Gasteiger partial charge >= 0.3 is 0 Å². The van der Waals surface area contributed by atoms with Gasteiger partial charge in [0, 0.05) is 23.2 Å². The van der Waals surface area contributed by atoms with Crippen molar-refractivity contribution in [1.29, 1.82) is 0 Å². The summed E-state index contributed by atoms with van der Waals surface area (Å²) in [5.74, 6) is 0.0662. The van der Waals surface area contributed by atoms with Gasteiger partial charge in [-0.05, 0) is 31.5 Å². The van der Waals surface area contributed by atoms with Crippen molar-refractivity contribution in [1.82, 2.24) is 4.90 Å². The Morgan fingerprint density at radius 3 is 2.74 bits per heavy atom. The minimum absolute atomic E-state index is 0.0626.